The van der Waals surface area contributed by atoms with Gasteiger partial charge in [0.1, 0.15) is 0 Å². The number of benzene rings is 2. The van der Waals surface area contributed by atoms with Gasteiger partial charge in [0.05, 0.1) is 0 Å². The molecule has 4 nitrogen and oxygen atoms in total. The Kier molecular flexibility index (Phi) is 3.90. The van der Waals surface area contributed by atoms with Gasteiger partial charge in [-0.3, -0.25) is 0 Å². The Balaban J connectivity index is 2.10. The van der Waals surface area contributed by atoms with Crippen LogP contribution in [0.5, 0.6) is 0 Å². The standard InChI is InChI=1S/C13H11AsN2O2/c15-11-5-1-9(2-6-11)13(17)16-12-7-3-10(14-18)4-8-12/h1-8H,15H2,(H,16,17). The monoisotopic (exact) mass is 302 g/mol. The normalized spacial score (nSPS) is 10.2. The summed E-state index contributed by atoms with van der Waals surface area (Å²) in [5, 5.41) is 2.76. The topological polar surface area (TPSA) is 72.2 Å². The molecule has 2 aromatic rings. The Morgan fingerprint density at radius 1 is 1.00 bits per heavy atom. The molecule has 18 heavy (non-hydrogen) atoms. The second-order valence-corrected chi connectivity index (χ2v) is 5.18. The van der Waals surface area contributed by atoms with E-state index in [0.29, 0.717) is 16.9 Å². The Hall–Kier alpha value is -1.93. The first-order valence-corrected chi connectivity index (χ1v) is 7.00. The van der Waals surface area contributed by atoms with Crippen LogP contribution in [-0.2, 0) is 3.74 Å². The molecule has 0 atom stereocenters. The third-order valence-corrected chi connectivity index (χ3v) is 3.47. The van der Waals surface area contributed by atoms with Gasteiger partial charge >= 0.3 is 111 Å². The van der Waals surface area contributed by atoms with Gasteiger partial charge in [0.15, 0.2) is 0 Å². The molecular weight excluding hydrogens is 291 g/mol. The van der Waals surface area contributed by atoms with Crippen LogP contribution in [-0.4, -0.2) is 21.6 Å². The molecule has 90 valence electrons. The molecule has 0 aliphatic rings. The average molecular weight is 302 g/mol. The van der Waals surface area contributed by atoms with E-state index in [1.54, 1.807) is 48.5 Å². The first kappa shape index (κ1) is 12.5. The molecule has 0 spiro atoms. The van der Waals surface area contributed by atoms with E-state index in [0.717, 1.165) is 4.35 Å². The van der Waals surface area contributed by atoms with E-state index in [1.165, 1.54) is 0 Å². The van der Waals surface area contributed by atoms with Crippen LogP contribution in [0.2, 0.25) is 0 Å². The van der Waals surface area contributed by atoms with E-state index in [9.17, 15) is 8.53 Å². The van der Waals surface area contributed by atoms with Crippen LogP contribution in [0.15, 0.2) is 48.5 Å². The molecule has 0 aromatic heterocycles. The van der Waals surface area contributed by atoms with E-state index in [1.807, 2.05) is 0 Å². The number of amides is 1. The number of carbonyl (C=O) groups excluding carboxylic acids is 1. The van der Waals surface area contributed by atoms with Gasteiger partial charge in [0.25, 0.3) is 0 Å². The molecule has 0 saturated carbocycles. The predicted molar refractivity (Wildman–Crippen MR) is 71.3 cm³/mol. The molecule has 1 amide bonds. The molecule has 0 aliphatic carbocycles. The summed E-state index contributed by atoms with van der Waals surface area (Å²) < 4.78 is 11.5. The van der Waals surface area contributed by atoms with E-state index < -0.39 is 15.7 Å². The minimum absolute atomic E-state index is 0.196. The number of nitrogen functional groups attached to an aromatic ring is 1. The summed E-state index contributed by atoms with van der Waals surface area (Å²) in [6.45, 7) is 0. The predicted octanol–water partition coefficient (Wildman–Crippen LogP) is 1.20. The van der Waals surface area contributed by atoms with Crippen LogP contribution in [0.4, 0.5) is 11.4 Å². The molecular formula is C13H11AsN2O2. The SMILES string of the molecule is Nc1ccc(C(=O)Nc2ccc([As]=O)cc2)cc1. The molecule has 3 N–H and O–H groups in total. The number of hydrogen-bond donors (Lipinski definition) is 2. The summed E-state index contributed by atoms with van der Waals surface area (Å²) in [7, 11) is 0. The van der Waals surface area contributed by atoms with Gasteiger partial charge in [-0.1, -0.05) is 0 Å². The third kappa shape index (κ3) is 3.05. The van der Waals surface area contributed by atoms with E-state index >= 15 is 0 Å². The average Bonchev–Trinajstić information content (AvgIpc) is 2.40. The van der Waals surface area contributed by atoms with Crippen molar-refractivity contribution in [3.05, 3.63) is 54.1 Å². The zero-order valence-electron chi connectivity index (χ0n) is 9.46. The van der Waals surface area contributed by atoms with Crippen molar-refractivity contribution in [3.8, 4) is 0 Å². The zero-order valence-corrected chi connectivity index (χ0v) is 11.3. The van der Waals surface area contributed by atoms with Crippen molar-refractivity contribution in [2.75, 3.05) is 11.1 Å². The summed E-state index contributed by atoms with van der Waals surface area (Å²) in [6, 6.07) is 13.6. The van der Waals surface area contributed by atoms with E-state index in [-0.39, 0.29) is 5.91 Å². The summed E-state index contributed by atoms with van der Waals surface area (Å²) in [5.74, 6) is -0.196. The molecule has 0 fully saturated rings. The van der Waals surface area contributed by atoms with Crippen molar-refractivity contribution >= 4 is 37.3 Å². The number of anilines is 2. The quantitative estimate of drug-likeness (QED) is 0.661. The fraction of sp³-hybridized carbons (Fsp3) is 0. The van der Waals surface area contributed by atoms with Crippen molar-refractivity contribution in [2.24, 2.45) is 0 Å². The van der Waals surface area contributed by atoms with Gasteiger partial charge in [-0.25, -0.2) is 0 Å². The Morgan fingerprint density at radius 3 is 2.17 bits per heavy atom. The second-order valence-electron chi connectivity index (χ2n) is 3.71. The number of nitrogens with one attached hydrogen (secondary N) is 1. The number of nitrogens with two attached hydrogens (primary N) is 1. The van der Waals surface area contributed by atoms with Crippen LogP contribution in [0.25, 0.3) is 0 Å². The van der Waals surface area contributed by atoms with Crippen molar-refractivity contribution in [2.45, 2.75) is 0 Å². The summed E-state index contributed by atoms with van der Waals surface area (Å²) in [5.41, 5.74) is 7.39. The molecule has 0 saturated heterocycles. The van der Waals surface area contributed by atoms with Gasteiger partial charge in [0, 0.05) is 0 Å². The van der Waals surface area contributed by atoms with E-state index in [2.05, 4.69) is 5.32 Å². The molecule has 2 rings (SSSR count). The third-order valence-electron chi connectivity index (χ3n) is 2.40. The van der Waals surface area contributed by atoms with Crippen LogP contribution in [0, 0.1) is 0 Å². The Bertz CT molecular complexity index is 565. The number of carbonyl (C=O) groups is 1. The van der Waals surface area contributed by atoms with Gasteiger partial charge in [-0.15, -0.1) is 0 Å². The maximum absolute atomic E-state index is 11.9. The van der Waals surface area contributed by atoms with Crippen LogP contribution in [0.3, 0.4) is 0 Å². The van der Waals surface area contributed by atoms with Gasteiger partial charge < -0.3 is 0 Å². The van der Waals surface area contributed by atoms with Crippen molar-refractivity contribution in [3.63, 3.8) is 0 Å². The summed E-state index contributed by atoms with van der Waals surface area (Å²) in [6.07, 6.45) is 0. The van der Waals surface area contributed by atoms with Gasteiger partial charge in [-0.2, -0.15) is 0 Å². The second kappa shape index (κ2) is 5.60. The zero-order chi connectivity index (χ0) is 13.0. The van der Waals surface area contributed by atoms with Gasteiger partial charge in [0.2, 0.25) is 0 Å². The summed E-state index contributed by atoms with van der Waals surface area (Å²) >= 11 is -1.02. The number of rotatable bonds is 3. The fourth-order valence-corrected chi connectivity index (χ4v) is 2.01. The first-order valence-electron chi connectivity index (χ1n) is 5.29. The fourth-order valence-electron chi connectivity index (χ4n) is 1.44. The Morgan fingerprint density at radius 2 is 1.61 bits per heavy atom. The summed E-state index contributed by atoms with van der Waals surface area (Å²) in [4.78, 5) is 11.9. The molecule has 5 heteroatoms. The van der Waals surface area contributed by atoms with Crippen LogP contribution >= 0.6 is 0 Å². The molecule has 0 bridgehead atoms. The molecule has 0 unspecified atom stereocenters. The molecule has 0 radical (unpaired) electrons. The van der Waals surface area contributed by atoms with Gasteiger partial charge in [-0.05, 0) is 0 Å². The van der Waals surface area contributed by atoms with Crippen molar-refractivity contribution < 1.29 is 8.53 Å². The van der Waals surface area contributed by atoms with Crippen molar-refractivity contribution in [1.29, 1.82) is 0 Å². The molecule has 2 aromatic carbocycles. The maximum atomic E-state index is 11.9. The molecule has 0 heterocycles. The van der Waals surface area contributed by atoms with E-state index in [4.69, 9.17) is 5.73 Å². The number of hydrogen-bond acceptors (Lipinski definition) is 3. The van der Waals surface area contributed by atoms with Crippen LogP contribution < -0.4 is 15.4 Å². The van der Waals surface area contributed by atoms with Crippen molar-refractivity contribution in [1.82, 2.24) is 0 Å². The first-order chi connectivity index (χ1) is 8.69. The minimum atomic E-state index is -1.02. The molecule has 0 aliphatic heterocycles. The van der Waals surface area contributed by atoms with Crippen LogP contribution in [0.1, 0.15) is 10.4 Å². The Labute approximate surface area is 111 Å².